The van der Waals surface area contributed by atoms with Gasteiger partial charge in [0.1, 0.15) is 0 Å². The van der Waals surface area contributed by atoms with Crippen molar-refractivity contribution in [2.45, 2.75) is 18.3 Å². The number of rotatable bonds is 5. The Morgan fingerprint density at radius 2 is 1.92 bits per heavy atom. The third-order valence-corrected chi connectivity index (χ3v) is 4.38. The fourth-order valence-corrected chi connectivity index (χ4v) is 3.58. The zero-order valence-electron chi connectivity index (χ0n) is 7.40. The molecule has 0 spiro atoms. The Labute approximate surface area is 87.1 Å². The summed E-state index contributed by atoms with van der Waals surface area (Å²) in [6.45, 7) is 5.03. The van der Waals surface area contributed by atoms with Crippen molar-refractivity contribution >= 4 is 36.5 Å². The van der Waals surface area contributed by atoms with Crippen LogP contribution in [0.3, 0.4) is 0 Å². The fraction of sp³-hybridized carbons (Fsp3) is 0.833. The van der Waals surface area contributed by atoms with E-state index in [1.54, 1.807) is 0 Å². The smallest absolute Gasteiger partial charge is 0.332 e. The van der Waals surface area contributed by atoms with E-state index in [-0.39, 0.29) is 8.61 Å². The summed E-state index contributed by atoms with van der Waals surface area (Å²) in [6, 6.07) is 0. The zero-order chi connectivity index (χ0) is 9.73. The molecule has 0 radical (unpaired) electrons. The van der Waals surface area contributed by atoms with Crippen molar-refractivity contribution < 1.29 is 18.8 Å². The van der Waals surface area contributed by atoms with Crippen molar-refractivity contribution in [1.29, 1.82) is 0 Å². The molecular formula is C6H11NO3PS2+. The molecule has 0 bridgehead atoms. The lowest BCUT2D eigenvalue weighted by molar-refractivity contribution is -0.252. The van der Waals surface area contributed by atoms with Crippen LogP contribution in [0.15, 0.2) is 0 Å². The molecule has 0 aliphatic carbocycles. The van der Waals surface area contributed by atoms with Crippen LogP contribution in [0.4, 0.5) is 0 Å². The summed E-state index contributed by atoms with van der Waals surface area (Å²) in [7, 11) is -0.0904. The molecule has 1 rings (SSSR count). The van der Waals surface area contributed by atoms with Gasteiger partial charge in [-0.25, -0.2) is 0 Å². The van der Waals surface area contributed by atoms with Crippen LogP contribution in [0, 0.1) is 0 Å². The summed E-state index contributed by atoms with van der Waals surface area (Å²) < 4.78 is 23.9. The van der Waals surface area contributed by atoms with Crippen LogP contribution in [0.5, 0.6) is 0 Å². The quantitative estimate of drug-likeness (QED) is 0.569. The van der Waals surface area contributed by atoms with Crippen LogP contribution in [-0.2, 0) is 14.0 Å². The van der Waals surface area contributed by atoms with E-state index >= 15 is 0 Å². The van der Waals surface area contributed by atoms with Gasteiger partial charge >= 0.3 is 8.61 Å². The lowest BCUT2D eigenvalue weighted by Crippen LogP contribution is -2.63. The normalized spacial score (nSPS) is 20.0. The van der Waals surface area contributed by atoms with Gasteiger partial charge in [0.15, 0.2) is 0 Å². The zero-order valence-corrected chi connectivity index (χ0v) is 9.93. The molecule has 74 valence electrons. The predicted octanol–water partition coefficient (Wildman–Crippen LogP) is 0.794. The number of thioether (sulfide) groups is 2. The minimum Gasteiger partial charge on any atom is -0.332 e. The molecule has 1 aliphatic heterocycles. The molecule has 1 saturated heterocycles. The van der Waals surface area contributed by atoms with Gasteiger partial charge < -0.3 is 9.47 Å². The Balaban J connectivity index is 2.46. The third kappa shape index (κ3) is 2.92. The summed E-state index contributed by atoms with van der Waals surface area (Å²) in [5, 5.41) is 0. The van der Waals surface area contributed by atoms with Crippen LogP contribution in [0.2, 0.25) is 0 Å². The molecule has 0 atom stereocenters. The molecule has 1 fully saturated rings. The average molecular weight is 240 g/mol. The molecule has 0 saturated carbocycles. The summed E-state index contributed by atoms with van der Waals surface area (Å²) in [4.78, 5) is 0. The van der Waals surface area contributed by atoms with Gasteiger partial charge in [-0.05, 0) is 13.8 Å². The number of nitrogens with one attached hydrogen (secondary N) is 1. The molecule has 0 aromatic rings. The van der Waals surface area contributed by atoms with E-state index in [9.17, 15) is 4.57 Å². The highest BCUT2D eigenvalue weighted by Gasteiger charge is 2.51. The minimum atomic E-state index is -0.615. The standard InChI is InChI=1S/C6H10NO3PS2/c1-3-9-6(10-4-2)12-5(13-6)7-11-8/h3-4H2,1-2H3/p+1. The van der Waals surface area contributed by atoms with E-state index in [0.29, 0.717) is 13.2 Å². The molecule has 1 heterocycles. The summed E-state index contributed by atoms with van der Waals surface area (Å²) in [5.41, 5.74) is 0. The van der Waals surface area contributed by atoms with E-state index in [2.05, 4.69) is 4.76 Å². The molecule has 0 unspecified atom stereocenters. The molecule has 0 aromatic carbocycles. The van der Waals surface area contributed by atoms with E-state index in [1.165, 1.54) is 23.5 Å². The first kappa shape index (κ1) is 11.5. The van der Waals surface area contributed by atoms with E-state index < -0.39 is 4.45 Å². The van der Waals surface area contributed by atoms with E-state index in [4.69, 9.17) is 9.47 Å². The molecule has 4 nitrogen and oxygen atoms in total. The molecule has 13 heavy (non-hydrogen) atoms. The van der Waals surface area contributed by atoms with Crippen molar-refractivity contribution in [3.05, 3.63) is 0 Å². The average Bonchev–Trinajstić information content (AvgIpc) is 2.03. The van der Waals surface area contributed by atoms with Crippen molar-refractivity contribution in [1.82, 2.24) is 0 Å². The first-order chi connectivity index (χ1) is 6.26. The van der Waals surface area contributed by atoms with Crippen LogP contribution < -0.4 is 4.76 Å². The summed E-state index contributed by atoms with van der Waals surface area (Å²) in [6.07, 6.45) is 0. The molecular weight excluding hydrogens is 229 g/mol. The van der Waals surface area contributed by atoms with Crippen molar-refractivity contribution in [2.24, 2.45) is 0 Å². The van der Waals surface area contributed by atoms with Gasteiger partial charge in [0.2, 0.25) is 0 Å². The Morgan fingerprint density at radius 1 is 1.38 bits per heavy atom. The predicted molar refractivity (Wildman–Crippen MR) is 54.7 cm³/mol. The highest BCUT2D eigenvalue weighted by atomic mass is 32.3. The van der Waals surface area contributed by atoms with Crippen molar-refractivity contribution in [3.8, 4) is 0 Å². The Kier molecular flexibility index (Phi) is 4.69. The largest absolute Gasteiger partial charge is 0.510 e. The summed E-state index contributed by atoms with van der Waals surface area (Å²) >= 11 is 2.82. The Morgan fingerprint density at radius 3 is 2.31 bits per heavy atom. The van der Waals surface area contributed by atoms with Gasteiger partial charge in [-0.1, -0.05) is 0 Å². The van der Waals surface area contributed by atoms with Gasteiger partial charge in [0.05, 0.1) is 0 Å². The Bertz CT molecular complexity index is 208. The van der Waals surface area contributed by atoms with Crippen LogP contribution in [-0.4, -0.2) is 22.0 Å². The molecule has 1 aliphatic rings. The maximum Gasteiger partial charge on any atom is 0.510 e. The molecule has 0 amide bonds. The lowest BCUT2D eigenvalue weighted by Gasteiger charge is -2.35. The molecule has 0 aromatic heterocycles. The molecule has 1 N–H and O–H groups in total. The van der Waals surface area contributed by atoms with Gasteiger partial charge in [-0.15, -0.1) is 4.76 Å². The highest BCUT2D eigenvalue weighted by molar-refractivity contribution is 8.53. The van der Waals surface area contributed by atoms with Crippen LogP contribution >= 0.6 is 32.1 Å². The van der Waals surface area contributed by atoms with Gasteiger partial charge in [-0.3, -0.25) is 0 Å². The number of ether oxygens (including phenoxy) is 2. The SMILES string of the molecule is CCOC1(OCC)SC(=[NH+]P=O)S1. The number of hydrogen-bond donors (Lipinski definition) is 1. The lowest BCUT2D eigenvalue weighted by atomic mass is 10.8. The second-order valence-electron chi connectivity index (χ2n) is 2.06. The maximum atomic E-state index is 10.2. The topological polar surface area (TPSA) is 49.5 Å². The van der Waals surface area contributed by atoms with Gasteiger partial charge in [0.25, 0.3) is 8.83 Å². The monoisotopic (exact) mass is 240 g/mol. The number of hydrogen-bond acceptors (Lipinski definition) is 5. The second kappa shape index (κ2) is 5.32. The van der Waals surface area contributed by atoms with Crippen LogP contribution in [0.1, 0.15) is 13.8 Å². The molecule has 7 heteroatoms. The van der Waals surface area contributed by atoms with Crippen molar-refractivity contribution in [2.75, 3.05) is 13.2 Å². The second-order valence-corrected chi connectivity index (χ2v) is 5.28. The summed E-state index contributed by atoms with van der Waals surface area (Å²) in [5.74, 6) is 0. The highest BCUT2D eigenvalue weighted by Crippen LogP contribution is 2.52. The van der Waals surface area contributed by atoms with Gasteiger partial charge in [-0.2, -0.15) is 4.57 Å². The fourth-order valence-electron chi connectivity index (χ4n) is 0.831. The first-order valence-electron chi connectivity index (χ1n) is 3.87. The third-order valence-electron chi connectivity index (χ3n) is 1.21. The van der Waals surface area contributed by atoms with Gasteiger partial charge in [0, 0.05) is 36.7 Å². The Hall–Kier alpha value is 0.390. The maximum absolute atomic E-state index is 10.2. The minimum absolute atomic E-state index is 0.0904. The van der Waals surface area contributed by atoms with Crippen molar-refractivity contribution in [3.63, 3.8) is 0 Å². The first-order valence-corrected chi connectivity index (χ1v) is 6.32. The van der Waals surface area contributed by atoms with E-state index in [0.717, 1.165) is 4.38 Å². The van der Waals surface area contributed by atoms with Crippen LogP contribution in [0.25, 0.3) is 0 Å². The van der Waals surface area contributed by atoms with E-state index in [1.807, 2.05) is 13.8 Å².